The molecule has 22 heavy (non-hydrogen) atoms. The maximum Gasteiger partial charge on any atom is 0.159 e. The van der Waals surface area contributed by atoms with Gasteiger partial charge in [-0.25, -0.2) is 8.78 Å². The molecular formula is C19H22F2O. The number of ether oxygens (including phenoxy) is 1. The third kappa shape index (κ3) is 4.63. The molecule has 0 fully saturated rings. The van der Waals surface area contributed by atoms with E-state index in [1.54, 1.807) is 6.07 Å². The lowest BCUT2D eigenvalue weighted by Gasteiger charge is -2.14. The zero-order chi connectivity index (χ0) is 16.1. The Labute approximate surface area is 130 Å². The fourth-order valence-electron chi connectivity index (χ4n) is 2.40. The highest BCUT2D eigenvalue weighted by molar-refractivity contribution is 5.27. The monoisotopic (exact) mass is 304 g/mol. The maximum atomic E-state index is 13.3. The Hall–Kier alpha value is -1.74. The van der Waals surface area contributed by atoms with Gasteiger partial charge in [0.05, 0.1) is 12.7 Å². The topological polar surface area (TPSA) is 9.23 Å². The van der Waals surface area contributed by atoms with Gasteiger partial charge < -0.3 is 4.74 Å². The summed E-state index contributed by atoms with van der Waals surface area (Å²) < 4.78 is 31.9. The van der Waals surface area contributed by atoms with Crippen LogP contribution in [0.3, 0.4) is 0 Å². The van der Waals surface area contributed by atoms with Gasteiger partial charge in [0.1, 0.15) is 0 Å². The van der Waals surface area contributed by atoms with Crippen molar-refractivity contribution in [1.29, 1.82) is 0 Å². The van der Waals surface area contributed by atoms with Gasteiger partial charge >= 0.3 is 0 Å². The van der Waals surface area contributed by atoms with Crippen LogP contribution in [0.15, 0.2) is 42.5 Å². The Balaban J connectivity index is 2.06. The van der Waals surface area contributed by atoms with Crippen LogP contribution in [0.4, 0.5) is 8.78 Å². The molecule has 0 radical (unpaired) electrons. The Kier molecular flexibility index (Phi) is 5.67. The molecule has 0 aliphatic heterocycles. The van der Waals surface area contributed by atoms with Gasteiger partial charge in [-0.15, -0.1) is 0 Å². The van der Waals surface area contributed by atoms with Crippen LogP contribution in [-0.4, -0.2) is 6.10 Å². The van der Waals surface area contributed by atoms with Crippen LogP contribution in [0.2, 0.25) is 0 Å². The van der Waals surface area contributed by atoms with Crippen LogP contribution in [0.5, 0.6) is 0 Å². The normalized spacial score (nSPS) is 12.6. The van der Waals surface area contributed by atoms with E-state index in [9.17, 15) is 8.78 Å². The highest BCUT2D eigenvalue weighted by Crippen LogP contribution is 2.23. The van der Waals surface area contributed by atoms with E-state index in [2.05, 4.69) is 12.1 Å². The van der Waals surface area contributed by atoms with Gasteiger partial charge in [-0.2, -0.15) is 0 Å². The molecule has 118 valence electrons. The second-order valence-electron chi connectivity index (χ2n) is 5.96. The molecule has 1 unspecified atom stereocenters. The fourth-order valence-corrected chi connectivity index (χ4v) is 2.40. The quantitative estimate of drug-likeness (QED) is 0.709. The zero-order valence-electron chi connectivity index (χ0n) is 13.3. The van der Waals surface area contributed by atoms with Gasteiger partial charge in [0.2, 0.25) is 0 Å². The van der Waals surface area contributed by atoms with Crippen LogP contribution in [0, 0.1) is 11.6 Å². The first-order valence-electron chi connectivity index (χ1n) is 7.60. The van der Waals surface area contributed by atoms with Gasteiger partial charge in [0, 0.05) is 0 Å². The molecule has 0 aromatic heterocycles. The summed E-state index contributed by atoms with van der Waals surface area (Å²) in [7, 11) is 0. The molecule has 1 nitrogen and oxygen atoms in total. The minimum Gasteiger partial charge on any atom is -0.374 e. The van der Waals surface area contributed by atoms with E-state index >= 15 is 0 Å². The molecule has 0 heterocycles. The van der Waals surface area contributed by atoms with Crippen LogP contribution in [0.25, 0.3) is 0 Å². The average molecular weight is 304 g/mol. The molecule has 0 aliphatic rings. The number of rotatable bonds is 6. The molecule has 0 N–H and O–H groups in total. The van der Waals surface area contributed by atoms with E-state index in [-0.39, 0.29) is 12.0 Å². The molecule has 0 bridgehead atoms. The van der Waals surface area contributed by atoms with E-state index in [4.69, 9.17) is 4.74 Å². The Morgan fingerprint density at radius 3 is 2.32 bits per heavy atom. The molecular weight excluding hydrogens is 282 g/mol. The number of benzene rings is 2. The first kappa shape index (κ1) is 16.6. The third-order valence-electron chi connectivity index (χ3n) is 3.63. The van der Waals surface area contributed by atoms with Crippen molar-refractivity contribution < 1.29 is 13.5 Å². The summed E-state index contributed by atoms with van der Waals surface area (Å²) >= 11 is 0. The largest absolute Gasteiger partial charge is 0.374 e. The minimum absolute atomic E-state index is 0.122. The Morgan fingerprint density at radius 2 is 1.64 bits per heavy atom. The lowest BCUT2D eigenvalue weighted by molar-refractivity contribution is 0.0657. The second-order valence-corrected chi connectivity index (χ2v) is 5.96. The smallest absolute Gasteiger partial charge is 0.159 e. The summed E-state index contributed by atoms with van der Waals surface area (Å²) in [6.07, 6.45) is 0.977. The zero-order valence-corrected chi connectivity index (χ0v) is 13.3. The molecule has 0 saturated carbocycles. The highest BCUT2D eigenvalue weighted by atomic mass is 19.2. The van der Waals surface area contributed by atoms with Gasteiger partial charge in [-0.05, 0) is 55.0 Å². The number of hydrogen-bond acceptors (Lipinski definition) is 1. The summed E-state index contributed by atoms with van der Waals surface area (Å²) in [6, 6.07) is 12.3. The third-order valence-corrected chi connectivity index (χ3v) is 3.63. The predicted octanol–water partition coefficient (Wildman–Crippen LogP) is 5.24. The van der Waals surface area contributed by atoms with Crippen LogP contribution >= 0.6 is 0 Å². The van der Waals surface area contributed by atoms with Gasteiger partial charge in [0.15, 0.2) is 11.6 Å². The van der Waals surface area contributed by atoms with E-state index < -0.39 is 11.6 Å². The molecule has 2 rings (SSSR count). The lowest BCUT2D eigenvalue weighted by Crippen LogP contribution is -2.04. The Bertz CT molecular complexity index is 623. The summed E-state index contributed by atoms with van der Waals surface area (Å²) in [5.74, 6) is -1.47. The molecule has 2 aromatic carbocycles. The minimum atomic E-state index is -0.802. The average Bonchev–Trinajstić information content (AvgIpc) is 2.48. The van der Waals surface area contributed by atoms with E-state index in [0.717, 1.165) is 17.5 Å². The first-order valence-corrected chi connectivity index (χ1v) is 7.60. The second kappa shape index (κ2) is 7.50. The molecule has 0 amide bonds. The van der Waals surface area contributed by atoms with Crippen molar-refractivity contribution in [2.75, 3.05) is 0 Å². The van der Waals surface area contributed by atoms with E-state index in [1.807, 2.05) is 32.9 Å². The first-order chi connectivity index (χ1) is 10.5. The van der Waals surface area contributed by atoms with Crippen molar-refractivity contribution >= 4 is 0 Å². The summed E-state index contributed by atoms with van der Waals surface area (Å²) in [4.78, 5) is 0. The Morgan fingerprint density at radius 1 is 0.909 bits per heavy atom. The van der Waals surface area contributed by atoms with Crippen LogP contribution < -0.4 is 0 Å². The summed E-state index contributed by atoms with van der Waals surface area (Å²) in [5.41, 5.74) is 3.11. The van der Waals surface area contributed by atoms with Crippen LogP contribution in [0.1, 0.15) is 43.4 Å². The molecule has 0 aliphatic carbocycles. The lowest BCUT2D eigenvalue weighted by atomic mass is 9.93. The molecule has 3 heteroatoms. The van der Waals surface area contributed by atoms with Gasteiger partial charge in [-0.3, -0.25) is 0 Å². The molecule has 0 spiro atoms. The summed E-state index contributed by atoms with van der Waals surface area (Å²) in [6.45, 7) is 6.62. The van der Waals surface area contributed by atoms with Crippen LogP contribution in [-0.2, 0) is 17.8 Å². The number of halogens is 2. The molecule has 2 aromatic rings. The highest BCUT2D eigenvalue weighted by Gasteiger charge is 2.10. The molecule has 1 atom stereocenters. The van der Waals surface area contributed by atoms with Crippen molar-refractivity contribution in [2.24, 2.45) is 0 Å². The number of hydrogen-bond donors (Lipinski definition) is 0. The van der Waals surface area contributed by atoms with E-state index in [1.165, 1.54) is 17.7 Å². The standard InChI is InChI=1S/C19H22F2O/c1-13(2)22-12-16-6-4-5-15(10-16)9-14(3)17-7-8-18(20)19(21)11-17/h4-8,10-11,13-14H,9,12H2,1-3H3. The van der Waals surface area contributed by atoms with Crippen molar-refractivity contribution in [3.05, 3.63) is 70.8 Å². The van der Waals surface area contributed by atoms with Crippen molar-refractivity contribution in [1.82, 2.24) is 0 Å². The van der Waals surface area contributed by atoms with Crippen molar-refractivity contribution in [2.45, 2.75) is 45.8 Å². The van der Waals surface area contributed by atoms with Gasteiger partial charge in [0.25, 0.3) is 0 Å². The summed E-state index contributed by atoms with van der Waals surface area (Å²) in [5, 5.41) is 0. The SMILES string of the molecule is CC(C)OCc1cccc(CC(C)c2ccc(F)c(F)c2)c1. The molecule has 0 saturated heterocycles. The van der Waals surface area contributed by atoms with E-state index in [0.29, 0.717) is 6.61 Å². The predicted molar refractivity (Wildman–Crippen MR) is 84.8 cm³/mol. The van der Waals surface area contributed by atoms with Crippen molar-refractivity contribution in [3.8, 4) is 0 Å². The maximum absolute atomic E-state index is 13.3. The van der Waals surface area contributed by atoms with Crippen molar-refractivity contribution in [3.63, 3.8) is 0 Å². The fraction of sp³-hybridized carbons (Fsp3) is 0.368. The van der Waals surface area contributed by atoms with Gasteiger partial charge in [-0.1, -0.05) is 37.3 Å².